The van der Waals surface area contributed by atoms with Crippen molar-refractivity contribution in [1.29, 1.82) is 0 Å². The second kappa shape index (κ2) is 6.09. The van der Waals surface area contributed by atoms with Crippen LogP contribution in [0.3, 0.4) is 0 Å². The van der Waals surface area contributed by atoms with Gasteiger partial charge in [0, 0.05) is 23.7 Å². The number of likely N-dealkylation sites (tertiary alicyclic amines) is 1. The van der Waals surface area contributed by atoms with E-state index < -0.39 is 0 Å². The van der Waals surface area contributed by atoms with Gasteiger partial charge in [-0.3, -0.25) is 4.79 Å². The van der Waals surface area contributed by atoms with Gasteiger partial charge in [-0.15, -0.1) is 0 Å². The highest BCUT2D eigenvalue weighted by atomic mass is 35.5. The molecule has 1 aromatic heterocycles. The molecule has 5 nitrogen and oxygen atoms in total. The second-order valence-corrected chi connectivity index (χ2v) is 6.24. The van der Waals surface area contributed by atoms with Crippen molar-refractivity contribution in [1.82, 2.24) is 19.9 Å². The minimum Gasteiger partial charge on any atom is -0.334 e. The molecule has 0 bridgehead atoms. The van der Waals surface area contributed by atoms with Crippen molar-refractivity contribution < 1.29 is 4.79 Å². The van der Waals surface area contributed by atoms with Crippen molar-refractivity contribution >= 4 is 17.5 Å². The fourth-order valence-electron chi connectivity index (χ4n) is 2.84. The average Bonchev–Trinajstić information content (AvgIpc) is 3.07. The third-order valence-electron chi connectivity index (χ3n) is 4.20. The lowest BCUT2D eigenvalue weighted by atomic mass is 10.0. The van der Waals surface area contributed by atoms with Crippen molar-refractivity contribution in [3.05, 3.63) is 71.5 Å². The summed E-state index contributed by atoms with van der Waals surface area (Å²) in [6, 6.07) is 15.5. The normalized spacial score (nSPS) is 14.5. The van der Waals surface area contributed by atoms with Gasteiger partial charge in [-0.1, -0.05) is 35.9 Å². The highest BCUT2D eigenvalue weighted by Crippen LogP contribution is 2.25. The van der Waals surface area contributed by atoms with Crippen LogP contribution in [0.1, 0.15) is 16.4 Å². The third kappa shape index (κ3) is 2.78. The van der Waals surface area contributed by atoms with E-state index in [-0.39, 0.29) is 11.9 Å². The topological polar surface area (TPSA) is 51.0 Å². The van der Waals surface area contributed by atoms with Crippen molar-refractivity contribution in [2.24, 2.45) is 0 Å². The summed E-state index contributed by atoms with van der Waals surface area (Å²) in [5.74, 6) is 0.0380. The van der Waals surface area contributed by atoms with Crippen molar-refractivity contribution in [3.63, 3.8) is 0 Å². The first-order valence-electron chi connectivity index (χ1n) is 7.72. The van der Waals surface area contributed by atoms with Crippen LogP contribution in [-0.2, 0) is 0 Å². The minimum atomic E-state index is 0.0380. The van der Waals surface area contributed by atoms with E-state index in [1.807, 2.05) is 53.4 Å². The highest BCUT2D eigenvalue weighted by Gasteiger charge is 2.33. The van der Waals surface area contributed by atoms with E-state index >= 15 is 0 Å². The van der Waals surface area contributed by atoms with Crippen LogP contribution >= 0.6 is 11.6 Å². The van der Waals surface area contributed by atoms with Crippen LogP contribution in [0.2, 0.25) is 5.02 Å². The van der Waals surface area contributed by atoms with Crippen LogP contribution in [0.15, 0.2) is 60.9 Å². The lowest BCUT2D eigenvalue weighted by Crippen LogP contribution is -2.51. The van der Waals surface area contributed by atoms with Gasteiger partial charge in [0.25, 0.3) is 5.91 Å². The molecule has 2 heterocycles. The minimum absolute atomic E-state index is 0.0380. The predicted octanol–water partition coefficient (Wildman–Crippen LogP) is 3.30. The van der Waals surface area contributed by atoms with Gasteiger partial charge in [-0.2, -0.15) is 15.0 Å². The van der Waals surface area contributed by atoms with Gasteiger partial charge >= 0.3 is 0 Å². The van der Waals surface area contributed by atoms with E-state index in [1.54, 1.807) is 17.2 Å². The van der Waals surface area contributed by atoms with Crippen molar-refractivity contribution in [3.8, 4) is 11.1 Å². The van der Waals surface area contributed by atoms with Crippen LogP contribution in [-0.4, -0.2) is 38.9 Å². The van der Waals surface area contributed by atoms with Crippen LogP contribution in [0.5, 0.6) is 0 Å². The molecule has 1 amide bonds. The van der Waals surface area contributed by atoms with E-state index in [0.29, 0.717) is 23.7 Å². The van der Waals surface area contributed by atoms with Gasteiger partial charge in [0.15, 0.2) is 0 Å². The number of aromatic nitrogens is 3. The summed E-state index contributed by atoms with van der Waals surface area (Å²) in [5, 5.41) is 8.93. The summed E-state index contributed by atoms with van der Waals surface area (Å²) >= 11 is 6.03. The zero-order chi connectivity index (χ0) is 16.5. The summed E-state index contributed by atoms with van der Waals surface area (Å²) in [7, 11) is 0. The second-order valence-electron chi connectivity index (χ2n) is 5.80. The van der Waals surface area contributed by atoms with Crippen molar-refractivity contribution in [2.75, 3.05) is 13.1 Å². The van der Waals surface area contributed by atoms with Crippen LogP contribution in [0, 0.1) is 0 Å². The number of carbonyl (C=O) groups excluding carboxylic acids is 1. The fraction of sp³-hybridized carbons (Fsp3) is 0.167. The zero-order valence-electron chi connectivity index (χ0n) is 12.8. The molecule has 6 heteroatoms. The summed E-state index contributed by atoms with van der Waals surface area (Å²) in [5.41, 5.74) is 2.76. The summed E-state index contributed by atoms with van der Waals surface area (Å²) in [4.78, 5) is 16.0. The molecular weight excluding hydrogens is 324 g/mol. The Bertz CT molecular complexity index is 855. The molecule has 0 N–H and O–H groups in total. The number of nitrogens with zero attached hydrogens (tertiary/aromatic N) is 4. The number of halogens is 1. The number of amides is 1. The standard InChI is InChI=1S/C18H15ClN4O/c19-16-3-1-2-15(10-16)13-4-6-14(7-5-13)18(24)22-11-17(12-22)23-20-8-9-21-23/h1-10,17H,11-12H2. The van der Waals surface area contributed by atoms with E-state index in [0.717, 1.165) is 11.1 Å². The molecule has 0 aliphatic carbocycles. The Morgan fingerprint density at radius 3 is 2.38 bits per heavy atom. The molecule has 1 saturated heterocycles. The van der Waals surface area contributed by atoms with Crippen LogP contribution in [0.4, 0.5) is 0 Å². The third-order valence-corrected chi connectivity index (χ3v) is 4.44. The monoisotopic (exact) mass is 338 g/mol. The molecule has 2 aromatic carbocycles. The Kier molecular flexibility index (Phi) is 3.78. The molecule has 0 radical (unpaired) electrons. The van der Waals surface area contributed by atoms with Gasteiger partial charge in [-0.05, 0) is 35.4 Å². The zero-order valence-corrected chi connectivity index (χ0v) is 13.6. The number of hydrogen-bond donors (Lipinski definition) is 0. The first-order valence-corrected chi connectivity index (χ1v) is 8.09. The Morgan fingerprint density at radius 2 is 1.71 bits per heavy atom. The maximum Gasteiger partial charge on any atom is 0.254 e. The number of rotatable bonds is 3. The van der Waals surface area contributed by atoms with Gasteiger partial charge in [0.05, 0.1) is 12.4 Å². The van der Waals surface area contributed by atoms with Gasteiger partial charge in [0.2, 0.25) is 0 Å². The van der Waals surface area contributed by atoms with Crippen LogP contribution < -0.4 is 0 Å². The molecule has 0 atom stereocenters. The molecule has 1 fully saturated rings. The van der Waals surface area contributed by atoms with E-state index in [4.69, 9.17) is 11.6 Å². The Labute approximate surface area is 144 Å². The maximum atomic E-state index is 12.5. The lowest BCUT2D eigenvalue weighted by molar-refractivity contribution is 0.0476. The Balaban J connectivity index is 1.45. The first-order chi connectivity index (χ1) is 11.7. The maximum absolute atomic E-state index is 12.5. The molecule has 0 saturated carbocycles. The molecular formula is C18H15ClN4O. The molecule has 4 rings (SSSR count). The smallest absolute Gasteiger partial charge is 0.254 e. The first kappa shape index (κ1) is 14.9. The molecule has 24 heavy (non-hydrogen) atoms. The van der Waals surface area contributed by atoms with Gasteiger partial charge < -0.3 is 4.90 Å². The number of hydrogen-bond acceptors (Lipinski definition) is 3. The summed E-state index contributed by atoms with van der Waals surface area (Å²) in [6.45, 7) is 1.28. The summed E-state index contributed by atoms with van der Waals surface area (Å²) in [6.07, 6.45) is 3.30. The largest absolute Gasteiger partial charge is 0.334 e. The molecule has 120 valence electrons. The average molecular weight is 339 g/mol. The lowest BCUT2D eigenvalue weighted by Gasteiger charge is -2.38. The number of benzene rings is 2. The summed E-state index contributed by atoms with van der Waals surface area (Å²) < 4.78 is 0. The Hall–Kier alpha value is -2.66. The predicted molar refractivity (Wildman–Crippen MR) is 91.9 cm³/mol. The van der Waals surface area contributed by atoms with Crippen LogP contribution in [0.25, 0.3) is 11.1 Å². The van der Waals surface area contributed by atoms with Gasteiger partial charge in [-0.25, -0.2) is 0 Å². The molecule has 1 aliphatic rings. The van der Waals surface area contributed by atoms with E-state index in [1.165, 1.54) is 0 Å². The van der Waals surface area contributed by atoms with E-state index in [2.05, 4.69) is 10.2 Å². The van der Waals surface area contributed by atoms with Crippen molar-refractivity contribution in [2.45, 2.75) is 6.04 Å². The molecule has 0 unspecified atom stereocenters. The quantitative estimate of drug-likeness (QED) is 0.736. The fourth-order valence-corrected chi connectivity index (χ4v) is 3.03. The SMILES string of the molecule is O=C(c1ccc(-c2cccc(Cl)c2)cc1)N1CC(n2nccn2)C1. The van der Waals surface area contributed by atoms with Gasteiger partial charge in [0.1, 0.15) is 6.04 Å². The molecule has 3 aromatic rings. The Morgan fingerprint density at radius 1 is 1.00 bits per heavy atom. The molecule has 1 aliphatic heterocycles. The number of carbonyl (C=O) groups is 1. The van der Waals surface area contributed by atoms with E-state index in [9.17, 15) is 4.79 Å². The molecule has 0 spiro atoms. The highest BCUT2D eigenvalue weighted by molar-refractivity contribution is 6.30.